The van der Waals surface area contributed by atoms with E-state index < -0.39 is 0 Å². The molecule has 41 heavy (non-hydrogen) atoms. The number of likely N-dealkylation sites (N-methyl/N-ethyl adjacent to an activating group) is 1. The molecule has 1 atom stereocenters. The van der Waals surface area contributed by atoms with E-state index >= 15 is 0 Å². The molecule has 3 aliphatic heterocycles. The van der Waals surface area contributed by atoms with Gasteiger partial charge in [-0.2, -0.15) is 0 Å². The number of piperidine rings is 1. The second-order valence-electron chi connectivity index (χ2n) is 11.2. The van der Waals surface area contributed by atoms with Crippen molar-refractivity contribution in [2.75, 3.05) is 75.3 Å². The molecule has 3 aliphatic rings. The zero-order valence-electron chi connectivity index (χ0n) is 24.2. The van der Waals surface area contributed by atoms with Gasteiger partial charge in [0, 0.05) is 88.9 Å². The van der Waals surface area contributed by atoms with Gasteiger partial charge >= 0.3 is 0 Å². The number of aromatic nitrogens is 3. The van der Waals surface area contributed by atoms with Crippen LogP contribution in [0.3, 0.4) is 0 Å². The highest BCUT2D eigenvalue weighted by molar-refractivity contribution is 5.70. The number of rotatable bonds is 7. The number of anilines is 4. The second-order valence-corrected chi connectivity index (χ2v) is 11.2. The summed E-state index contributed by atoms with van der Waals surface area (Å²) in [5.74, 6) is 2.06. The van der Waals surface area contributed by atoms with E-state index in [9.17, 15) is 4.79 Å². The highest BCUT2D eigenvalue weighted by Gasteiger charge is 2.30. The predicted octanol–water partition coefficient (Wildman–Crippen LogP) is 3.03. The Morgan fingerprint density at radius 3 is 2.51 bits per heavy atom. The Morgan fingerprint density at radius 2 is 1.76 bits per heavy atom. The van der Waals surface area contributed by atoms with Gasteiger partial charge < -0.3 is 24.4 Å². The number of nitrogens with zero attached hydrogens (tertiary/aromatic N) is 7. The van der Waals surface area contributed by atoms with Crippen molar-refractivity contribution in [1.29, 1.82) is 0 Å². The van der Waals surface area contributed by atoms with Crippen molar-refractivity contribution >= 4 is 23.0 Å². The number of pyridine rings is 1. The highest BCUT2D eigenvalue weighted by atomic mass is 16.7. The Bertz CT molecular complexity index is 1400. The molecule has 11 nitrogen and oxygen atoms in total. The molecule has 1 N–H and O–H groups in total. The van der Waals surface area contributed by atoms with Crippen molar-refractivity contribution < 1.29 is 9.57 Å². The van der Waals surface area contributed by atoms with Crippen molar-refractivity contribution in [2.24, 2.45) is 7.05 Å². The third-order valence-electron chi connectivity index (χ3n) is 8.61. The molecule has 0 unspecified atom stereocenters. The van der Waals surface area contributed by atoms with Crippen LogP contribution in [0.25, 0.3) is 0 Å². The van der Waals surface area contributed by atoms with Gasteiger partial charge in [-0.15, -0.1) is 0 Å². The lowest BCUT2D eigenvalue weighted by Crippen LogP contribution is -2.52. The number of methoxy groups -OCH3 is 1. The standard InChI is InChI=1S/C30H40N8O3/c1-34-13-15-37(16-14-34)23-8-11-36(12-9-23)24-5-6-25(27(18-24)40-3)33-28-19-29(32-21-31-28)38-26(10-17-41-38)22-4-7-30(39)35(2)20-22/h4-7,18-21,23,26H,8-17H2,1-3H3,(H,31,32,33)/t26-/m1/s1. The van der Waals surface area contributed by atoms with Gasteiger partial charge in [-0.1, -0.05) is 0 Å². The minimum absolute atomic E-state index is 0.0390. The topological polar surface area (TPSA) is 91.2 Å². The van der Waals surface area contributed by atoms with Gasteiger partial charge in [-0.05, 0) is 43.7 Å². The van der Waals surface area contributed by atoms with Gasteiger partial charge in [0.05, 0.1) is 25.4 Å². The van der Waals surface area contributed by atoms with E-state index in [1.54, 1.807) is 29.9 Å². The van der Waals surface area contributed by atoms with Gasteiger partial charge in [-0.3, -0.25) is 14.5 Å². The summed E-state index contributed by atoms with van der Waals surface area (Å²) in [6.07, 6.45) is 6.56. The van der Waals surface area contributed by atoms with Gasteiger partial charge in [0.15, 0.2) is 5.82 Å². The van der Waals surface area contributed by atoms with E-state index in [1.807, 2.05) is 18.3 Å². The number of nitrogens with one attached hydrogen (secondary N) is 1. The van der Waals surface area contributed by atoms with Crippen molar-refractivity contribution in [3.8, 4) is 5.75 Å². The molecule has 218 valence electrons. The van der Waals surface area contributed by atoms with Crippen LogP contribution in [0.5, 0.6) is 5.75 Å². The molecule has 2 aromatic heterocycles. The Morgan fingerprint density at radius 1 is 0.951 bits per heavy atom. The first kappa shape index (κ1) is 27.5. The number of hydrogen-bond acceptors (Lipinski definition) is 10. The first-order chi connectivity index (χ1) is 20.0. The minimum atomic E-state index is -0.0428. The number of aryl methyl sites for hydroxylation is 1. The average Bonchev–Trinajstić information content (AvgIpc) is 3.50. The van der Waals surface area contributed by atoms with Crippen LogP contribution in [-0.4, -0.2) is 90.4 Å². The second kappa shape index (κ2) is 12.1. The molecule has 5 heterocycles. The fourth-order valence-electron chi connectivity index (χ4n) is 6.14. The van der Waals surface area contributed by atoms with Crippen LogP contribution in [0.2, 0.25) is 0 Å². The number of ether oxygens (including phenoxy) is 1. The van der Waals surface area contributed by atoms with Crippen molar-refractivity contribution in [1.82, 2.24) is 24.3 Å². The lowest BCUT2D eigenvalue weighted by molar-refractivity contribution is 0.0982. The molecule has 0 spiro atoms. The Hall–Kier alpha value is -3.67. The van der Waals surface area contributed by atoms with E-state index in [2.05, 4.69) is 55.2 Å². The first-order valence-electron chi connectivity index (χ1n) is 14.5. The molecule has 0 radical (unpaired) electrons. The van der Waals surface area contributed by atoms with Crippen LogP contribution < -0.4 is 25.6 Å². The summed E-state index contributed by atoms with van der Waals surface area (Å²) in [7, 11) is 5.67. The third-order valence-corrected chi connectivity index (χ3v) is 8.61. The molecule has 3 saturated heterocycles. The summed E-state index contributed by atoms with van der Waals surface area (Å²) in [5, 5.41) is 5.21. The molecule has 0 bridgehead atoms. The number of benzene rings is 1. The van der Waals surface area contributed by atoms with Crippen LogP contribution in [-0.2, 0) is 11.9 Å². The van der Waals surface area contributed by atoms with Crippen LogP contribution in [0.4, 0.5) is 23.0 Å². The van der Waals surface area contributed by atoms with Crippen molar-refractivity contribution in [3.63, 3.8) is 0 Å². The zero-order chi connectivity index (χ0) is 28.3. The normalized spacial score (nSPS) is 20.9. The molecular weight excluding hydrogens is 520 g/mol. The van der Waals surface area contributed by atoms with Crippen LogP contribution in [0, 0.1) is 0 Å². The summed E-state index contributed by atoms with van der Waals surface area (Å²) >= 11 is 0. The Kier molecular flexibility index (Phi) is 8.09. The monoisotopic (exact) mass is 560 g/mol. The molecule has 1 aromatic carbocycles. The molecule has 11 heteroatoms. The van der Waals surface area contributed by atoms with Crippen LogP contribution >= 0.6 is 0 Å². The quantitative estimate of drug-likeness (QED) is 0.465. The minimum Gasteiger partial charge on any atom is -0.494 e. The van der Waals surface area contributed by atoms with Gasteiger partial charge in [0.2, 0.25) is 5.56 Å². The summed E-state index contributed by atoms with van der Waals surface area (Å²) in [4.78, 5) is 34.3. The highest BCUT2D eigenvalue weighted by Crippen LogP contribution is 2.36. The van der Waals surface area contributed by atoms with E-state index in [1.165, 1.54) is 51.0 Å². The maximum Gasteiger partial charge on any atom is 0.250 e. The number of hydrogen-bond donors (Lipinski definition) is 1. The maximum absolute atomic E-state index is 11.9. The van der Waals surface area contributed by atoms with E-state index in [4.69, 9.17) is 9.57 Å². The van der Waals surface area contributed by atoms with E-state index in [0.717, 1.165) is 36.5 Å². The smallest absolute Gasteiger partial charge is 0.250 e. The molecular formula is C30H40N8O3. The lowest BCUT2D eigenvalue weighted by atomic mass is 10.0. The van der Waals surface area contributed by atoms with Crippen LogP contribution in [0.1, 0.15) is 30.9 Å². The number of piperazine rings is 1. The zero-order valence-corrected chi connectivity index (χ0v) is 24.2. The molecule has 3 fully saturated rings. The van der Waals surface area contributed by atoms with Gasteiger partial charge in [0.25, 0.3) is 0 Å². The predicted molar refractivity (Wildman–Crippen MR) is 160 cm³/mol. The van der Waals surface area contributed by atoms with Crippen LogP contribution in [0.15, 0.2) is 53.7 Å². The molecule has 3 aromatic rings. The fourth-order valence-corrected chi connectivity index (χ4v) is 6.14. The largest absolute Gasteiger partial charge is 0.494 e. The molecule has 0 saturated carbocycles. The Labute approximate surface area is 241 Å². The fraction of sp³-hybridized carbons (Fsp3) is 0.500. The average molecular weight is 561 g/mol. The SMILES string of the molecule is COc1cc(N2CCC(N3CCN(C)CC3)CC2)ccc1Nc1cc(N2OCC[C@@H]2c2ccc(=O)n(C)c2)ncn1. The van der Waals surface area contributed by atoms with Crippen molar-refractivity contribution in [3.05, 3.63) is 64.8 Å². The van der Waals surface area contributed by atoms with Gasteiger partial charge in [-0.25, -0.2) is 15.0 Å². The first-order valence-corrected chi connectivity index (χ1v) is 14.5. The summed E-state index contributed by atoms with van der Waals surface area (Å²) in [6, 6.07) is 12.3. The van der Waals surface area contributed by atoms with Gasteiger partial charge in [0.1, 0.15) is 17.9 Å². The van der Waals surface area contributed by atoms with Crippen molar-refractivity contribution in [2.45, 2.75) is 31.3 Å². The molecule has 0 amide bonds. The van der Waals surface area contributed by atoms with E-state index in [0.29, 0.717) is 24.3 Å². The Balaban J connectivity index is 1.13. The summed E-state index contributed by atoms with van der Waals surface area (Å²) < 4.78 is 7.38. The molecule has 6 rings (SSSR count). The van der Waals surface area contributed by atoms with E-state index in [-0.39, 0.29) is 11.6 Å². The lowest BCUT2D eigenvalue weighted by Gasteiger charge is -2.42. The molecule has 0 aliphatic carbocycles. The third kappa shape index (κ3) is 6.02. The summed E-state index contributed by atoms with van der Waals surface area (Å²) in [5.41, 5.74) is 2.98. The number of hydroxylamine groups is 1. The summed E-state index contributed by atoms with van der Waals surface area (Å²) in [6.45, 7) is 7.36. The maximum atomic E-state index is 11.9.